The van der Waals surface area contributed by atoms with E-state index in [2.05, 4.69) is 20.2 Å². The summed E-state index contributed by atoms with van der Waals surface area (Å²) in [6.07, 6.45) is 0. The molecule has 4 rings (SSSR count). The number of rotatable bonds is 5. The molecule has 28 heavy (non-hydrogen) atoms. The molecule has 1 N–H and O–H groups in total. The maximum Gasteiger partial charge on any atom is 0.259 e. The molecule has 4 aromatic rings. The van der Waals surface area contributed by atoms with E-state index in [9.17, 15) is 9.59 Å². The molecular weight excluding hydrogens is 394 g/mol. The number of H-pyrrole nitrogens is 1. The van der Waals surface area contributed by atoms with Gasteiger partial charge >= 0.3 is 0 Å². The lowest BCUT2D eigenvalue weighted by Crippen LogP contribution is -2.11. The molecule has 1 aromatic carbocycles. The van der Waals surface area contributed by atoms with Crippen LogP contribution in [0.5, 0.6) is 0 Å². The summed E-state index contributed by atoms with van der Waals surface area (Å²) in [7, 11) is 1.91. The highest BCUT2D eigenvalue weighted by atomic mass is 32.2. The first-order valence-corrected chi connectivity index (χ1v) is 10.4. The van der Waals surface area contributed by atoms with Crippen LogP contribution in [0.2, 0.25) is 0 Å². The van der Waals surface area contributed by atoms with Gasteiger partial charge in [0.05, 0.1) is 16.0 Å². The lowest BCUT2D eigenvalue weighted by molar-refractivity contribution is 0.102. The molecule has 0 aliphatic heterocycles. The highest BCUT2D eigenvalue weighted by Gasteiger charge is 2.17. The van der Waals surface area contributed by atoms with E-state index in [0.717, 1.165) is 16.5 Å². The van der Waals surface area contributed by atoms with Crippen LogP contribution in [0.1, 0.15) is 28.0 Å². The summed E-state index contributed by atoms with van der Waals surface area (Å²) in [5.74, 6) is 1.71. The van der Waals surface area contributed by atoms with Crippen LogP contribution in [0, 0.1) is 6.92 Å². The molecule has 0 aliphatic rings. The van der Waals surface area contributed by atoms with Crippen molar-refractivity contribution in [1.29, 1.82) is 0 Å². The van der Waals surface area contributed by atoms with Gasteiger partial charge < -0.3 is 9.55 Å². The number of nitrogens with one attached hydrogen (secondary N) is 1. The summed E-state index contributed by atoms with van der Waals surface area (Å²) in [6, 6.07) is 9.84. The first-order valence-electron chi connectivity index (χ1n) is 8.56. The lowest BCUT2D eigenvalue weighted by Gasteiger charge is -2.04. The molecule has 0 bridgehead atoms. The largest absolute Gasteiger partial charge is 0.309 e. The van der Waals surface area contributed by atoms with E-state index in [0.29, 0.717) is 32.2 Å². The molecular formula is C19H17N5O2S2. The molecule has 3 aromatic heterocycles. The van der Waals surface area contributed by atoms with Crippen LogP contribution >= 0.6 is 23.1 Å². The van der Waals surface area contributed by atoms with Gasteiger partial charge in [0.1, 0.15) is 10.7 Å². The zero-order valence-electron chi connectivity index (χ0n) is 15.5. The van der Waals surface area contributed by atoms with Crippen molar-refractivity contribution < 1.29 is 4.79 Å². The number of hydrogen-bond donors (Lipinski definition) is 1. The van der Waals surface area contributed by atoms with Crippen LogP contribution in [-0.4, -0.2) is 30.5 Å². The van der Waals surface area contributed by atoms with Gasteiger partial charge in [0, 0.05) is 12.6 Å². The van der Waals surface area contributed by atoms with Gasteiger partial charge in [-0.15, -0.1) is 21.5 Å². The monoisotopic (exact) mass is 411 g/mol. The molecule has 0 aliphatic carbocycles. The number of aromatic amines is 1. The predicted molar refractivity (Wildman–Crippen MR) is 111 cm³/mol. The Labute approximate surface area is 168 Å². The highest BCUT2D eigenvalue weighted by Crippen LogP contribution is 2.28. The van der Waals surface area contributed by atoms with E-state index >= 15 is 0 Å². The molecule has 142 valence electrons. The number of thiophene rings is 1. The number of nitrogens with zero attached hydrogens (tertiary/aromatic N) is 4. The second-order valence-corrected chi connectivity index (χ2v) is 8.27. The first kappa shape index (κ1) is 18.6. The van der Waals surface area contributed by atoms with E-state index in [1.54, 1.807) is 6.92 Å². The molecule has 0 unspecified atom stereocenters. The summed E-state index contributed by atoms with van der Waals surface area (Å²) in [5.41, 5.74) is 1.47. The van der Waals surface area contributed by atoms with Gasteiger partial charge in [0.25, 0.3) is 5.56 Å². The standard InChI is InChI=1S/C19H17N5O2S2/c1-10-14-17(26)20-13(21-18(14)28-15(10)11(2)25)9-27-19-23-22-16(24(19)3)12-7-5-4-6-8-12/h4-8H,9H2,1-3H3,(H,20,21,26). The highest BCUT2D eigenvalue weighted by molar-refractivity contribution is 7.98. The molecule has 0 spiro atoms. The maximum absolute atomic E-state index is 12.5. The van der Waals surface area contributed by atoms with Crippen molar-refractivity contribution in [2.45, 2.75) is 24.8 Å². The molecule has 0 saturated carbocycles. The molecule has 7 nitrogen and oxygen atoms in total. The number of aryl methyl sites for hydroxylation is 1. The topological polar surface area (TPSA) is 93.5 Å². The normalized spacial score (nSPS) is 11.2. The van der Waals surface area contributed by atoms with E-state index < -0.39 is 0 Å². The number of carbonyl (C=O) groups is 1. The Morgan fingerprint density at radius 2 is 2.00 bits per heavy atom. The average molecular weight is 412 g/mol. The fourth-order valence-electron chi connectivity index (χ4n) is 3.00. The Bertz CT molecular complexity index is 1240. The van der Waals surface area contributed by atoms with E-state index in [1.165, 1.54) is 30.0 Å². The van der Waals surface area contributed by atoms with Crippen LogP contribution in [0.4, 0.5) is 0 Å². The molecule has 3 heterocycles. The third-order valence-corrected chi connectivity index (χ3v) is 6.69. The first-order chi connectivity index (χ1) is 13.5. The molecule has 0 saturated heterocycles. The zero-order chi connectivity index (χ0) is 19.8. The number of hydrogen-bond acceptors (Lipinski definition) is 7. The van der Waals surface area contributed by atoms with Gasteiger partial charge in [-0.2, -0.15) is 0 Å². The number of benzene rings is 1. The van der Waals surface area contributed by atoms with Gasteiger partial charge in [-0.05, 0) is 19.4 Å². The van der Waals surface area contributed by atoms with Crippen LogP contribution < -0.4 is 5.56 Å². The number of Topliss-reactive ketones (excluding diaryl/α,β-unsaturated/α-hetero) is 1. The quantitative estimate of drug-likeness (QED) is 0.398. The van der Waals surface area contributed by atoms with Crippen molar-refractivity contribution in [3.63, 3.8) is 0 Å². The zero-order valence-corrected chi connectivity index (χ0v) is 17.1. The van der Waals surface area contributed by atoms with Crippen molar-refractivity contribution in [3.8, 4) is 11.4 Å². The predicted octanol–water partition coefficient (Wildman–Crippen LogP) is 3.58. The van der Waals surface area contributed by atoms with Crippen molar-refractivity contribution in [2.24, 2.45) is 7.05 Å². The number of aromatic nitrogens is 5. The fraction of sp³-hybridized carbons (Fsp3) is 0.211. The Balaban J connectivity index is 1.61. The second-order valence-electron chi connectivity index (χ2n) is 6.33. The molecule has 9 heteroatoms. The van der Waals surface area contributed by atoms with Gasteiger partial charge in [-0.3, -0.25) is 9.59 Å². The molecule has 0 atom stereocenters. The SMILES string of the molecule is CC(=O)c1sc2nc(CSc3nnc(-c4ccccc4)n3C)[nH]c(=O)c2c1C. The third kappa shape index (κ3) is 3.27. The molecule has 0 radical (unpaired) electrons. The Kier molecular flexibility index (Phi) is 4.86. The van der Waals surface area contributed by atoms with Crippen molar-refractivity contribution in [3.05, 3.63) is 57.0 Å². The average Bonchev–Trinajstić information content (AvgIpc) is 3.21. The summed E-state index contributed by atoms with van der Waals surface area (Å²) in [6.45, 7) is 3.28. The Morgan fingerprint density at radius 3 is 2.71 bits per heavy atom. The van der Waals surface area contributed by atoms with Gasteiger partial charge in [-0.25, -0.2) is 4.98 Å². The molecule has 0 amide bonds. The summed E-state index contributed by atoms with van der Waals surface area (Å²) in [4.78, 5) is 32.8. The summed E-state index contributed by atoms with van der Waals surface area (Å²) in [5, 5.41) is 9.74. The smallest absolute Gasteiger partial charge is 0.259 e. The number of thioether (sulfide) groups is 1. The third-order valence-electron chi connectivity index (χ3n) is 4.37. The second kappa shape index (κ2) is 7.33. The summed E-state index contributed by atoms with van der Waals surface area (Å²) >= 11 is 2.71. The van der Waals surface area contributed by atoms with Crippen LogP contribution in [0.3, 0.4) is 0 Å². The molecule has 0 fully saturated rings. The van der Waals surface area contributed by atoms with E-state index in [-0.39, 0.29) is 11.3 Å². The van der Waals surface area contributed by atoms with Gasteiger partial charge in [0.15, 0.2) is 16.8 Å². The van der Waals surface area contributed by atoms with E-state index in [1.807, 2.05) is 41.9 Å². The van der Waals surface area contributed by atoms with Crippen LogP contribution in [0.15, 0.2) is 40.3 Å². The maximum atomic E-state index is 12.5. The minimum Gasteiger partial charge on any atom is -0.309 e. The summed E-state index contributed by atoms with van der Waals surface area (Å²) < 4.78 is 1.92. The minimum atomic E-state index is -0.218. The van der Waals surface area contributed by atoms with Gasteiger partial charge in [0.2, 0.25) is 0 Å². The number of ketones is 1. The lowest BCUT2D eigenvalue weighted by atomic mass is 10.2. The van der Waals surface area contributed by atoms with E-state index in [4.69, 9.17) is 0 Å². The Hall–Kier alpha value is -2.78. The fourth-order valence-corrected chi connectivity index (χ4v) is 4.88. The van der Waals surface area contributed by atoms with Crippen molar-refractivity contribution >= 4 is 39.1 Å². The van der Waals surface area contributed by atoms with Crippen molar-refractivity contribution in [1.82, 2.24) is 24.7 Å². The number of carbonyl (C=O) groups excluding carboxylic acids is 1. The van der Waals surface area contributed by atoms with Crippen LogP contribution in [0.25, 0.3) is 21.6 Å². The van der Waals surface area contributed by atoms with Crippen LogP contribution in [-0.2, 0) is 12.8 Å². The van der Waals surface area contributed by atoms with Crippen molar-refractivity contribution in [2.75, 3.05) is 0 Å². The minimum absolute atomic E-state index is 0.0525. The van der Waals surface area contributed by atoms with Gasteiger partial charge in [-0.1, -0.05) is 42.1 Å². The number of fused-ring (bicyclic) bond motifs is 1. The Morgan fingerprint density at radius 1 is 1.25 bits per heavy atom.